The SMILES string of the molecule is CCCC[S+](C)CC(=O)c1ccccc1.C[S+](C)C.C[S+](C)CC(=O)c1ccccc1.C[S+](C)c1ccc(O)c2cccc(O)c12.C[S+](C)c1ccc(O)c2ccccc12.C[S+](C)c1ccc(O)cc1.C[S+](CCl)c1ccccc1. The van der Waals surface area contributed by atoms with Gasteiger partial charge in [-0.25, -0.2) is 0 Å². The van der Waals surface area contributed by atoms with Crippen molar-refractivity contribution in [3.63, 3.8) is 0 Å². The van der Waals surface area contributed by atoms with Crippen LogP contribution in [-0.4, -0.2) is 136 Å². The van der Waals surface area contributed by atoms with Crippen molar-refractivity contribution < 1.29 is 30.0 Å². The van der Waals surface area contributed by atoms with Crippen LogP contribution in [0.3, 0.4) is 0 Å². The lowest BCUT2D eigenvalue weighted by atomic mass is 10.1. The van der Waals surface area contributed by atoms with Gasteiger partial charge in [0.15, 0.2) is 36.3 Å². The fourth-order valence-corrected chi connectivity index (χ4v) is 13.0. The van der Waals surface area contributed by atoms with Gasteiger partial charge in [-0.15, -0.1) is 0 Å². The number of Topliss-reactive ketones (excluding diaryl/α,β-unsaturated/α-hetero) is 2. The van der Waals surface area contributed by atoms with Gasteiger partial charge in [0.2, 0.25) is 11.6 Å². The third-order valence-corrected chi connectivity index (χ3v) is 19.8. The number of alkyl halides is 1. The van der Waals surface area contributed by atoms with Gasteiger partial charge in [0.1, 0.15) is 72.5 Å². The summed E-state index contributed by atoms with van der Waals surface area (Å²) in [6, 6.07) is 57.3. The number of hydrogen-bond donors (Lipinski definition) is 4. The molecule has 2 atom stereocenters. The van der Waals surface area contributed by atoms with Crippen molar-refractivity contribution in [3.05, 3.63) is 193 Å². The second-order valence-electron chi connectivity index (χ2n) is 19.3. The molecule has 0 spiro atoms. The summed E-state index contributed by atoms with van der Waals surface area (Å²) < 4.78 is 0. The number of ketones is 2. The quantitative estimate of drug-likeness (QED) is 0.0490. The van der Waals surface area contributed by atoms with Gasteiger partial charge in [-0.3, -0.25) is 9.59 Å². The Bertz CT molecular complexity index is 2980. The molecule has 0 aliphatic carbocycles. The van der Waals surface area contributed by atoms with E-state index in [9.17, 15) is 24.9 Å². The number of carbonyl (C=O) groups excluding carboxylic acids is 2. The summed E-state index contributed by atoms with van der Waals surface area (Å²) in [5.41, 5.74) is 1.69. The van der Waals surface area contributed by atoms with E-state index >= 15 is 0 Å². The number of phenolic OH excluding ortho intramolecular Hbond substituents is 4. The van der Waals surface area contributed by atoms with Crippen LogP contribution in [-0.2, 0) is 76.3 Å². The number of aromatic hydroxyl groups is 4. The molecule has 4 N–H and O–H groups in total. The predicted molar refractivity (Wildman–Crippen MR) is 371 cm³/mol. The summed E-state index contributed by atoms with van der Waals surface area (Å²) in [6.45, 7) is 2.19. The Balaban J connectivity index is 0.000000326. The molecular weight excluding hydrogens is 1150 g/mol. The molecule has 14 heteroatoms. The molecule has 0 bridgehead atoms. The number of phenols is 4. The highest BCUT2D eigenvalue weighted by atomic mass is 35.5. The summed E-state index contributed by atoms with van der Waals surface area (Å²) >= 11 is 5.70. The Morgan fingerprint density at radius 1 is 0.425 bits per heavy atom. The summed E-state index contributed by atoms with van der Waals surface area (Å²) in [5, 5.41) is 42.5. The van der Waals surface area contributed by atoms with Crippen LogP contribution in [0.1, 0.15) is 40.5 Å². The lowest BCUT2D eigenvalue weighted by Crippen LogP contribution is -2.18. The van der Waals surface area contributed by atoms with E-state index in [4.69, 9.17) is 16.7 Å². The van der Waals surface area contributed by atoms with Crippen molar-refractivity contribution in [2.75, 3.05) is 104 Å². The number of carbonyl (C=O) groups is 2. The smallest absolute Gasteiger partial charge is 0.211 e. The lowest BCUT2D eigenvalue weighted by Gasteiger charge is -2.06. The van der Waals surface area contributed by atoms with Crippen molar-refractivity contribution in [3.8, 4) is 23.0 Å². The molecule has 0 aliphatic heterocycles. The third-order valence-electron chi connectivity index (χ3n) is 11.2. The molecule has 80 heavy (non-hydrogen) atoms. The third kappa shape index (κ3) is 27.6. The summed E-state index contributed by atoms with van der Waals surface area (Å²) in [4.78, 5) is 28.3. The van der Waals surface area contributed by atoms with Crippen molar-refractivity contribution in [1.29, 1.82) is 0 Å². The molecule has 8 aromatic carbocycles. The van der Waals surface area contributed by atoms with E-state index in [1.54, 1.807) is 36.4 Å². The zero-order valence-electron chi connectivity index (χ0n) is 49.4. The average molecular weight is 1240 g/mol. The predicted octanol–water partition coefficient (Wildman–Crippen LogP) is 14.5. The highest BCUT2D eigenvalue weighted by Gasteiger charge is 2.20. The number of rotatable bonds is 14. The highest BCUT2D eigenvalue weighted by molar-refractivity contribution is 7.98. The zero-order valence-corrected chi connectivity index (χ0v) is 55.9. The van der Waals surface area contributed by atoms with E-state index in [0.717, 1.165) is 32.0 Å². The molecule has 0 saturated carbocycles. The van der Waals surface area contributed by atoms with Crippen LogP contribution >= 0.6 is 11.6 Å². The van der Waals surface area contributed by atoms with Crippen molar-refractivity contribution in [2.45, 2.75) is 39.3 Å². The monoisotopic (exact) mass is 1240 g/mol. The summed E-state index contributed by atoms with van der Waals surface area (Å²) in [7, 11) is 1.90. The van der Waals surface area contributed by atoms with Crippen molar-refractivity contribution >= 4 is 121 Å². The number of benzene rings is 8. The Labute approximate surface area is 506 Å². The molecule has 430 valence electrons. The number of halogens is 1. The maximum atomic E-state index is 11.8. The molecule has 0 radical (unpaired) electrons. The van der Waals surface area contributed by atoms with Crippen LogP contribution in [0.5, 0.6) is 23.0 Å². The van der Waals surface area contributed by atoms with Gasteiger partial charge in [0, 0.05) is 70.9 Å². The Kier molecular flexibility index (Phi) is 35.7. The molecule has 0 amide bonds. The van der Waals surface area contributed by atoms with Crippen LogP contribution in [0.15, 0.2) is 202 Å². The molecule has 0 aromatic heterocycles. The van der Waals surface area contributed by atoms with Crippen LogP contribution in [0.4, 0.5) is 0 Å². The molecule has 6 nitrogen and oxygen atoms in total. The molecular formula is C66H88ClO6S7+7. The van der Waals surface area contributed by atoms with Gasteiger partial charge in [0.25, 0.3) is 0 Å². The van der Waals surface area contributed by atoms with Crippen LogP contribution < -0.4 is 0 Å². The molecule has 0 saturated heterocycles. The Morgan fingerprint density at radius 2 is 0.863 bits per heavy atom. The van der Waals surface area contributed by atoms with E-state index in [-0.39, 0.29) is 77.5 Å². The van der Waals surface area contributed by atoms with Crippen LogP contribution in [0.25, 0.3) is 21.5 Å². The second-order valence-corrected chi connectivity index (χ2v) is 35.2. The first-order valence-electron chi connectivity index (χ1n) is 25.7. The topological polar surface area (TPSA) is 115 Å². The molecule has 0 fully saturated rings. The largest absolute Gasteiger partial charge is 0.508 e. The number of hydrogen-bond acceptors (Lipinski definition) is 6. The van der Waals surface area contributed by atoms with E-state index < -0.39 is 0 Å². The summed E-state index contributed by atoms with van der Waals surface area (Å²) in [5.74, 6) is 4.28. The normalized spacial score (nSPS) is 11.2. The second kappa shape index (κ2) is 39.9. The first-order valence-corrected chi connectivity index (χ1v) is 40.8. The summed E-state index contributed by atoms with van der Waals surface area (Å²) in [6.07, 6.45) is 30.5. The minimum Gasteiger partial charge on any atom is -0.508 e. The van der Waals surface area contributed by atoms with Crippen LogP contribution in [0.2, 0.25) is 0 Å². The molecule has 2 unspecified atom stereocenters. The maximum absolute atomic E-state index is 11.8. The minimum atomic E-state index is 0.0568. The van der Waals surface area contributed by atoms with Gasteiger partial charge >= 0.3 is 0 Å². The number of fused-ring (bicyclic) bond motifs is 2. The van der Waals surface area contributed by atoms with E-state index in [1.165, 1.54) is 38.7 Å². The number of unbranched alkanes of at least 4 members (excludes halogenated alkanes) is 1. The van der Waals surface area contributed by atoms with Crippen LogP contribution in [0, 0.1) is 0 Å². The molecule has 8 rings (SSSR count). The fraction of sp³-hybridized carbons (Fsp3) is 0.303. The fourth-order valence-electron chi connectivity index (χ4n) is 7.09. The van der Waals surface area contributed by atoms with Gasteiger partial charge < -0.3 is 20.4 Å². The van der Waals surface area contributed by atoms with E-state index in [1.807, 2.05) is 127 Å². The first kappa shape index (κ1) is 71.7. The Morgan fingerprint density at radius 3 is 1.32 bits per heavy atom. The molecule has 0 heterocycles. The average Bonchev–Trinajstić information content (AvgIpc) is 3.54. The van der Waals surface area contributed by atoms with Gasteiger partial charge in [0.05, 0.1) is 42.9 Å². The van der Waals surface area contributed by atoms with E-state index in [2.05, 4.69) is 106 Å². The van der Waals surface area contributed by atoms with Gasteiger partial charge in [-0.05, 0) is 112 Å². The molecule has 8 aromatic rings. The van der Waals surface area contributed by atoms with Gasteiger partial charge in [-0.2, -0.15) is 0 Å². The standard InChI is InChI=1S/C13H19OS.C12H12O2S.C12H12OS.C10H13OS.C8H10ClS.C8H10OS.C3H9S/c1-3-4-10-15(2)11-13(14)12-8-6-5-7-9-12;1-15(2)11-7-6-9(13)8-4-3-5-10(14)12(8)11;1-14(2)12-8-7-11(13)9-5-3-4-6-10(9)12;1-12(2)8-10(11)9-6-4-3-5-7-9;1-10(7-9)8-5-3-2-4-6-8;1-10(2)8-5-3-7(9)4-6-8;1-4(2)3/h5-9H,3-4,10-11H2,1-2H3;3-7H,1-2H3,(H-,13,14);3-8H,1-2H3;3-7H,8H2,1-2H3;2-6H,7H2,1H3;3-6H,1-2H3;1-3H3/q+1;;;2*+1;;+1/p+3. The van der Waals surface area contributed by atoms with E-state index in [0.29, 0.717) is 50.2 Å². The Hall–Kier alpha value is -4.44. The zero-order chi connectivity index (χ0) is 59.7. The maximum Gasteiger partial charge on any atom is 0.211 e. The highest BCUT2D eigenvalue weighted by Crippen LogP contribution is 2.36. The first-order chi connectivity index (χ1) is 38.0. The minimum absolute atomic E-state index is 0.0568. The van der Waals surface area contributed by atoms with Crippen molar-refractivity contribution in [2.24, 2.45) is 0 Å². The van der Waals surface area contributed by atoms with Crippen molar-refractivity contribution in [1.82, 2.24) is 0 Å². The molecule has 0 aliphatic rings. The van der Waals surface area contributed by atoms with Gasteiger partial charge in [-0.1, -0.05) is 134 Å². The lowest BCUT2D eigenvalue weighted by molar-refractivity contribution is 0.101.